The Labute approximate surface area is 166 Å². The summed E-state index contributed by atoms with van der Waals surface area (Å²) in [6, 6.07) is 9.37. The SMILES string of the molecule is CCCN(CC(=O)Nc1ccc(F)c(F)c1F)C(=O)CSc1ccc(C)cc1. The lowest BCUT2D eigenvalue weighted by atomic mass is 10.2. The van der Waals surface area contributed by atoms with Crippen LogP contribution in [0.15, 0.2) is 41.3 Å². The molecule has 2 aromatic carbocycles. The second kappa shape index (κ2) is 10.2. The summed E-state index contributed by atoms with van der Waals surface area (Å²) in [5, 5.41) is 2.18. The Morgan fingerprint density at radius 3 is 2.36 bits per heavy atom. The zero-order chi connectivity index (χ0) is 20.7. The van der Waals surface area contributed by atoms with Gasteiger partial charge >= 0.3 is 0 Å². The maximum atomic E-state index is 13.7. The summed E-state index contributed by atoms with van der Waals surface area (Å²) in [4.78, 5) is 26.9. The first kappa shape index (κ1) is 21.8. The van der Waals surface area contributed by atoms with Gasteiger partial charge < -0.3 is 10.2 Å². The Balaban J connectivity index is 1.97. The average molecular weight is 410 g/mol. The molecule has 150 valence electrons. The molecule has 0 aromatic heterocycles. The van der Waals surface area contributed by atoms with Crippen molar-refractivity contribution in [3.63, 3.8) is 0 Å². The van der Waals surface area contributed by atoms with Crippen molar-refractivity contribution in [3.8, 4) is 0 Å². The predicted molar refractivity (Wildman–Crippen MR) is 104 cm³/mol. The van der Waals surface area contributed by atoms with Crippen LogP contribution in [-0.2, 0) is 9.59 Å². The van der Waals surface area contributed by atoms with Gasteiger partial charge in [0.05, 0.1) is 18.0 Å². The van der Waals surface area contributed by atoms with Gasteiger partial charge in [0.25, 0.3) is 0 Å². The number of hydrogen-bond donors (Lipinski definition) is 1. The zero-order valence-corrected chi connectivity index (χ0v) is 16.4. The summed E-state index contributed by atoms with van der Waals surface area (Å²) in [7, 11) is 0. The maximum Gasteiger partial charge on any atom is 0.244 e. The van der Waals surface area contributed by atoms with Gasteiger partial charge in [-0.3, -0.25) is 9.59 Å². The number of benzene rings is 2. The molecule has 0 fully saturated rings. The second-order valence-electron chi connectivity index (χ2n) is 6.19. The fraction of sp³-hybridized carbons (Fsp3) is 0.300. The second-order valence-corrected chi connectivity index (χ2v) is 7.24. The van der Waals surface area contributed by atoms with Crippen molar-refractivity contribution in [2.75, 3.05) is 24.2 Å². The number of carbonyl (C=O) groups excluding carboxylic acids is 2. The maximum absolute atomic E-state index is 13.7. The number of anilines is 1. The highest BCUT2D eigenvalue weighted by atomic mass is 32.2. The molecule has 0 saturated heterocycles. The van der Waals surface area contributed by atoms with Crippen molar-refractivity contribution in [1.29, 1.82) is 0 Å². The molecule has 0 aliphatic carbocycles. The molecule has 0 heterocycles. The summed E-state index contributed by atoms with van der Waals surface area (Å²) in [5.74, 6) is -5.26. The Hall–Kier alpha value is -2.48. The summed E-state index contributed by atoms with van der Waals surface area (Å²) in [5.41, 5.74) is 0.645. The first-order chi connectivity index (χ1) is 13.3. The molecule has 4 nitrogen and oxygen atoms in total. The van der Waals surface area contributed by atoms with Crippen LogP contribution in [0.1, 0.15) is 18.9 Å². The average Bonchev–Trinajstić information content (AvgIpc) is 2.67. The van der Waals surface area contributed by atoms with Gasteiger partial charge in [0.15, 0.2) is 17.5 Å². The topological polar surface area (TPSA) is 49.4 Å². The van der Waals surface area contributed by atoms with E-state index in [9.17, 15) is 22.8 Å². The molecule has 2 rings (SSSR count). The smallest absolute Gasteiger partial charge is 0.244 e. The van der Waals surface area contributed by atoms with Gasteiger partial charge in [-0.1, -0.05) is 24.6 Å². The molecule has 28 heavy (non-hydrogen) atoms. The predicted octanol–water partition coefficient (Wildman–Crippen LogP) is 4.38. The number of hydrogen-bond acceptors (Lipinski definition) is 3. The molecule has 0 spiro atoms. The van der Waals surface area contributed by atoms with E-state index in [-0.39, 0.29) is 18.2 Å². The number of nitrogens with one attached hydrogen (secondary N) is 1. The highest BCUT2D eigenvalue weighted by molar-refractivity contribution is 8.00. The fourth-order valence-corrected chi connectivity index (χ4v) is 3.22. The molecule has 8 heteroatoms. The van der Waals surface area contributed by atoms with E-state index in [1.54, 1.807) is 0 Å². The number of carbonyl (C=O) groups is 2. The number of nitrogens with zero attached hydrogens (tertiary/aromatic N) is 1. The first-order valence-corrected chi connectivity index (χ1v) is 9.71. The van der Waals surface area contributed by atoms with E-state index in [4.69, 9.17) is 0 Å². The van der Waals surface area contributed by atoms with Gasteiger partial charge in [-0.25, -0.2) is 13.2 Å². The van der Waals surface area contributed by atoms with Crippen molar-refractivity contribution in [3.05, 3.63) is 59.4 Å². The monoisotopic (exact) mass is 410 g/mol. The van der Waals surface area contributed by atoms with Crippen molar-refractivity contribution in [2.24, 2.45) is 0 Å². The molecule has 0 aliphatic rings. The van der Waals surface area contributed by atoms with Crippen LogP contribution in [-0.4, -0.2) is 35.6 Å². The van der Waals surface area contributed by atoms with Crippen molar-refractivity contribution < 1.29 is 22.8 Å². The van der Waals surface area contributed by atoms with Gasteiger partial charge in [0.2, 0.25) is 11.8 Å². The lowest BCUT2D eigenvalue weighted by Crippen LogP contribution is -2.39. The van der Waals surface area contributed by atoms with Crippen LogP contribution in [0, 0.1) is 24.4 Å². The van der Waals surface area contributed by atoms with Crippen LogP contribution in [0.25, 0.3) is 0 Å². The Kier molecular flexibility index (Phi) is 7.92. The van der Waals surface area contributed by atoms with Gasteiger partial charge in [0, 0.05) is 11.4 Å². The molecule has 2 amide bonds. The number of halogens is 3. The molecule has 1 N–H and O–H groups in total. The van der Waals surface area contributed by atoms with Gasteiger partial charge in [0.1, 0.15) is 0 Å². The molecule has 2 aromatic rings. The van der Waals surface area contributed by atoms with Crippen LogP contribution in [0.5, 0.6) is 0 Å². The van der Waals surface area contributed by atoms with E-state index in [1.807, 2.05) is 38.1 Å². The van der Waals surface area contributed by atoms with Crippen LogP contribution in [0.3, 0.4) is 0 Å². The van der Waals surface area contributed by atoms with E-state index >= 15 is 0 Å². The van der Waals surface area contributed by atoms with E-state index < -0.39 is 29.0 Å². The largest absolute Gasteiger partial charge is 0.333 e. The molecule has 0 unspecified atom stereocenters. The minimum atomic E-state index is -1.66. The number of thioether (sulfide) groups is 1. The minimum Gasteiger partial charge on any atom is -0.333 e. The standard InChI is InChI=1S/C20H21F3N2O2S/c1-3-10-25(18(27)12-28-14-6-4-13(2)5-7-14)11-17(26)24-16-9-8-15(21)19(22)20(16)23/h4-9H,3,10-12H2,1-2H3,(H,24,26). The van der Waals surface area contributed by atoms with E-state index in [0.717, 1.165) is 22.6 Å². The van der Waals surface area contributed by atoms with Gasteiger partial charge in [-0.05, 0) is 37.6 Å². The molecule has 0 aliphatic heterocycles. The summed E-state index contributed by atoms with van der Waals surface area (Å²) in [6.07, 6.45) is 0.633. The van der Waals surface area contributed by atoms with Crippen LogP contribution in [0.4, 0.5) is 18.9 Å². The summed E-state index contributed by atoms with van der Waals surface area (Å²) in [6.45, 7) is 3.87. The van der Waals surface area contributed by atoms with Gasteiger partial charge in [-0.15, -0.1) is 11.8 Å². The van der Waals surface area contributed by atoms with Gasteiger partial charge in [-0.2, -0.15) is 0 Å². The minimum absolute atomic E-state index is 0.149. The van der Waals surface area contributed by atoms with Crippen molar-refractivity contribution >= 4 is 29.3 Å². The highest BCUT2D eigenvalue weighted by Gasteiger charge is 2.19. The Bertz CT molecular complexity index is 844. The van der Waals surface area contributed by atoms with Crippen LogP contribution >= 0.6 is 11.8 Å². The number of rotatable bonds is 8. The Morgan fingerprint density at radius 1 is 1.04 bits per heavy atom. The summed E-state index contributed by atoms with van der Waals surface area (Å²) >= 11 is 1.35. The first-order valence-electron chi connectivity index (χ1n) is 8.72. The Morgan fingerprint density at radius 2 is 1.71 bits per heavy atom. The third-order valence-electron chi connectivity index (χ3n) is 3.87. The third kappa shape index (κ3) is 6.02. The molecule has 0 atom stereocenters. The zero-order valence-electron chi connectivity index (χ0n) is 15.6. The molecule has 0 radical (unpaired) electrons. The molecule has 0 bridgehead atoms. The normalized spacial score (nSPS) is 10.6. The lowest BCUT2D eigenvalue weighted by Gasteiger charge is -2.21. The molecule has 0 saturated carbocycles. The van der Waals surface area contributed by atoms with Crippen molar-refractivity contribution in [2.45, 2.75) is 25.2 Å². The fourth-order valence-electron chi connectivity index (χ4n) is 2.42. The lowest BCUT2D eigenvalue weighted by molar-refractivity contribution is -0.132. The van der Waals surface area contributed by atoms with Crippen LogP contribution < -0.4 is 5.32 Å². The molecular formula is C20H21F3N2O2S. The van der Waals surface area contributed by atoms with Crippen molar-refractivity contribution in [1.82, 2.24) is 4.90 Å². The summed E-state index contributed by atoms with van der Waals surface area (Å²) < 4.78 is 39.9. The van der Waals surface area contributed by atoms with E-state index in [2.05, 4.69) is 5.32 Å². The molecular weight excluding hydrogens is 389 g/mol. The number of amides is 2. The quantitative estimate of drug-likeness (QED) is 0.519. The van der Waals surface area contributed by atoms with E-state index in [1.165, 1.54) is 16.7 Å². The third-order valence-corrected chi connectivity index (χ3v) is 4.87. The van der Waals surface area contributed by atoms with E-state index in [0.29, 0.717) is 13.0 Å². The number of aryl methyl sites for hydroxylation is 1. The van der Waals surface area contributed by atoms with Crippen LogP contribution in [0.2, 0.25) is 0 Å². The highest BCUT2D eigenvalue weighted by Crippen LogP contribution is 2.20.